The van der Waals surface area contributed by atoms with Gasteiger partial charge in [-0.05, 0) is 52.5 Å². The monoisotopic (exact) mass is 343 g/mol. The molecule has 0 saturated heterocycles. The van der Waals surface area contributed by atoms with E-state index in [0.717, 1.165) is 35.5 Å². The standard InChI is InChI=1S/C16H26BrNO2/c1-5-7-20-16-14(17)8-13(9-15(16)19-4)11-18-10-12(3)6-2/h8-9,12,18H,5-7,10-11H2,1-4H3. The summed E-state index contributed by atoms with van der Waals surface area (Å²) in [5.41, 5.74) is 1.20. The summed E-state index contributed by atoms with van der Waals surface area (Å²) in [6.07, 6.45) is 2.18. The molecule has 0 amide bonds. The van der Waals surface area contributed by atoms with Crippen LogP contribution >= 0.6 is 15.9 Å². The summed E-state index contributed by atoms with van der Waals surface area (Å²) in [4.78, 5) is 0. The van der Waals surface area contributed by atoms with Crippen molar-refractivity contribution in [1.29, 1.82) is 0 Å². The molecule has 0 aromatic heterocycles. The van der Waals surface area contributed by atoms with Crippen LogP contribution in [0.1, 0.15) is 39.2 Å². The number of methoxy groups -OCH3 is 1. The number of ether oxygens (including phenoxy) is 2. The number of nitrogens with one attached hydrogen (secondary N) is 1. The molecule has 1 aromatic carbocycles. The Morgan fingerprint density at radius 3 is 2.65 bits per heavy atom. The van der Waals surface area contributed by atoms with Crippen LogP contribution in [0.4, 0.5) is 0 Å². The lowest BCUT2D eigenvalue weighted by Gasteiger charge is -2.15. The summed E-state index contributed by atoms with van der Waals surface area (Å²) in [6.45, 7) is 9.13. The van der Waals surface area contributed by atoms with Crippen LogP contribution in [-0.4, -0.2) is 20.3 Å². The lowest BCUT2D eigenvalue weighted by atomic mass is 10.1. The summed E-state index contributed by atoms with van der Waals surface area (Å²) in [7, 11) is 1.68. The molecule has 0 radical (unpaired) electrons. The molecule has 0 aliphatic carbocycles. The first-order valence-corrected chi connectivity index (χ1v) is 8.11. The largest absolute Gasteiger partial charge is 0.493 e. The molecule has 0 fully saturated rings. The van der Waals surface area contributed by atoms with Gasteiger partial charge < -0.3 is 14.8 Å². The summed E-state index contributed by atoms with van der Waals surface area (Å²) >= 11 is 3.57. The van der Waals surface area contributed by atoms with Gasteiger partial charge in [0, 0.05) is 6.54 Å². The molecule has 20 heavy (non-hydrogen) atoms. The Morgan fingerprint density at radius 1 is 1.30 bits per heavy atom. The van der Waals surface area contributed by atoms with Crippen LogP contribution in [0.3, 0.4) is 0 Å². The third-order valence-electron chi connectivity index (χ3n) is 3.26. The maximum atomic E-state index is 5.73. The van der Waals surface area contributed by atoms with Crippen molar-refractivity contribution in [3.63, 3.8) is 0 Å². The number of rotatable bonds is 9. The van der Waals surface area contributed by atoms with Gasteiger partial charge in [0.05, 0.1) is 18.2 Å². The normalized spacial score (nSPS) is 12.2. The van der Waals surface area contributed by atoms with Crippen LogP contribution in [0.25, 0.3) is 0 Å². The predicted octanol–water partition coefficient (Wildman–Crippen LogP) is 4.38. The van der Waals surface area contributed by atoms with Crippen LogP contribution in [0.5, 0.6) is 11.5 Å². The van der Waals surface area contributed by atoms with Gasteiger partial charge in [-0.2, -0.15) is 0 Å². The van der Waals surface area contributed by atoms with Crippen molar-refractivity contribution in [3.05, 3.63) is 22.2 Å². The Morgan fingerprint density at radius 2 is 2.05 bits per heavy atom. The van der Waals surface area contributed by atoms with E-state index < -0.39 is 0 Å². The van der Waals surface area contributed by atoms with Crippen molar-refractivity contribution in [2.24, 2.45) is 5.92 Å². The van der Waals surface area contributed by atoms with E-state index in [2.05, 4.69) is 48.1 Å². The van der Waals surface area contributed by atoms with Gasteiger partial charge in [0.15, 0.2) is 11.5 Å². The van der Waals surface area contributed by atoms with Gasteiger partial charge in [-0.1, -0.05) is 27.2 Å². The molecule has 0 spiro atoms. The fourth-order valence-electron chi connectivity index (χ4n) is 1.83. The Bertz CT molecular complexity index is 410. The average Bonchev–Trinajstić information content (AvgIpc) is 2.45. The second-order valence-corrected chi connectivity index (χ2v) is 5.96. The van der Waals surface area contributed by atoms with Crippen molar-refractivity contribution in [3.8, 4) is 11.5 Å². The number of hydrogen-bond acceptors (Lipinski definition) is 3. The second-order valence-electron chi connectivity index (χ2n) is 5.10. The Labute approximate surface area is 131 Å². The molecule has 3 nitrogen and oxygen atoms in total. The summed E-state index contributed by atoms with van der Waals surface area (Å²) in [5.74, 6) is 2.28. The third kappa shape index (κ3) is 5.33. The van der Waals surface area contributed by atoms with E-state index in [1.165, 1.54) is 12.0 Å². The van der Waals surface area contributed by atoms with Gasteiger partial charge in [-0.3, -0.25) is 0 Å². The molecular formula is C16H26BrNO2. The van der Waals surface area contributed by atoms with Crippen molar-refractivity contribution < 1.29 is 9.47 Å². The van der Waals surface area contributed by atoms with E-state index in [1.807, 2.05) is 6.07 Å². The van der Waals surface area contributed by atoms with Gasteiger partial charge in [0.1, 0.15) is 0 Å². The van der Waals surface area contributed by atoms with Crippen LogP contribution < -0.4 is 14.8 Å². The highest BCUT2D eigenvalue weighted by atomic mass is 79.9. The second kappa shape index (κ2) is 9.24. The smallest absolute Gasteiger partial charge is 0.175 e. The van der Waals surface area contributed by atoms with E-state index in [4.69, 9.17) is 9.47 Å². The van der Waals surface area contributed by atoms with Crippen LogP contribution in [0, 0.1) is 5.92 Å². The molecule has 1 N–H and O–H groups in total. The average molecular weight is 344 g/mol. The first-order valence-electron chi connectivity index (χ1n) is 7.32. The van der Waals surface area contributed by atoms with Gasteiger partial charge in [-0.15, -0.1) is 0 Å². The minimum Gasteiger partial charge on any atom is -0.493 e. The van der Waals surface area contributed by atoms with Crippen molar-refractivity contribution in [1.82, 2.24) is 5.32 Å². The highest BCUT2D eigenvalue weighted by Gasteiger charge is 2.11. The molecule has 1 unspecified atom stereocenters. The number of benzene rings is 1. The van der Waals surface area contributed by atoms with Gasteiger partial charge in [-0.25, -0.2) is 0 Å². The fourth-order valence-corrected chi connectivity index (χ4v) is 2.43. The molecule has 1 rings (SSSR count). The van der Waals surface area contributed by atoms with Crippen molar-refractivity contribution >= 4 is 15.9 Å². The van der Waals surface area contributed by atoms with Crippen LogP contribution in [-0.2, 0) is 6.54 Å². The van der Waals surface area contributed by atoms with Gasteiger partial charge >= 0.3 is 0 Å². The summed E-state index contributed by atoms with van der Waals surface area (Å²) in [5, 5.41) is 3.48. The van der Waals surface area contributed by atoms with E-state index in [0.29, 0.717) is 12.5 Å². The first kappa shape index (κ1) is 17.3. The van der Waals surface area contributed by atoms with E-state index in [1.54, 1.807) is 7.11 Å². The van der Waals surface area contributed by atoms with Gasteiger partial charge in [0.25, 0.3) is 0 Å². The third-order valence-corrected chi connectivity index (χ3v) is 3.85. The number of halogens is 1. The highest BCUT2D eigenvalue weighted by Crippen LogP contribution is 2.36. The Kier molecular flexibility index (Phi) is 8.00. The molecule has 114 valence electrons. The van der Waals surface area contributed by atoms with E-state index in [9.17, 15) is 0 Å². The molecule has 0 aliphatic rings. The number of hydrogen-bond donors (Lipinski definition) is 1. The molecule has 1 aromatic rings. The lowest BCUT2D eigenvalue weighted by Crippen LogP contribution is -2.20. The Balaban J connectivity index is 2.71. The molecule has 0 heterocycles. The van der Waals surface area contributed by atoms with Crippen molar-refractivity contribution in [2.75, 3.05) is 20.3 Å². The molecular weight excluding hydrogens is 318 g/mol. The van der Waals surface area contributed by atoms with E-state index >= 15 is 0 Å². The molecule has 0 saturated carbocycles. The maximum absolute atomic E-state index is 5.73. The molecule has 1 atom stereocenters. The van der Waals surface area contributed by atoms with Crippen molar-refractivity contribution in [2.45, 2.75) is 40.2 Å². The quantitative estimate of drug-likeness (QED) is 0.721. The zero-order valence-corrected chi connectivity index (χ0v) is 14.5. The molecule has 0 bridgehead atoms. The molecule has 4 heteroatoms. The minimum absolute atomic E-state index is 0.695. The zero-order valence-electron chi connectivity index (χ0n) is 13.0. The molecule has 0 aliphatic heterocycles. The topological polar surface area (TPSA) is 30.5 Å². The summed E-state index contributed by atoms with van der Waals surface area (Å²) in [6, 6.07) is 4.14. The fraction of sp³-hybridized carbons (Fsp3) is 0.625. The maximum Gasteiger partial charge on any atom is 0.175 e. The first-order chi connectivity index (χ1) is 9.62. The lowest BCUT2D eigenvalue weighted by molar-refractivity contribution is 0.292. The summed E-state index contributed by atoms with van der Waals surface area (Å²) < 4.78 is 12.1. The zero-order chi connectivity index (χ0) is 15.0. The van der Waals surface area contributed by atoms with E-state index in [-0.39, 0.29) is 0 Å². The highest BCUT2D eigenvalue weighted by molar-refractivity contribution is 9.10. The SMILES string of the molecule is CCCOc1c(Br)cc(CNCC(C)CC)cc1OC. The van der Waals surface area contributed by atoms with Crippen LogP contribution in [0.15, 0.2) is 16.6 Å². The van der Waals surface area contributed by atoms with Crippen LogP contribution in [0.2, 0.25) is 0 Å². The minimum atomic E-state index is 0.695. The van der Waals surface area contributed by atoms with Gasteiger partial charge in [0.2, 0.25) is 0 Å². The predicted molar refractivity (Wildman–Crippen MR) is 87.6 cm³/mol. The Hall–Kier alpha value is -0.740.